The highest BCUT2D eigenvalue weighted by atomic mass is 32.1. The molecule has 10 heteroatoms. The number of rotatable bonds is 7. The first-order valence-corrected chi connectivity index (χ1v) is 13.4. The number of urea groups is 1. The smallest absolute Gasteiger partial charge is 0.331 e. The van der Waals surface area contributed by atoms with E-state index in [0.717, 1.165) is 33.0 Å². The van der Waals surface area contributed by atoms with Gasteiger partial charge in [0.15, 0.2) is 11.6 Å². The molecule has 0 unspecified atom stereocenters. The summed E-state index contributed by atoms with van der Waals surface area (Å²) in [6.07, 6.45) is 5.28. The van der Waals surface area contributed by atoms with Gasteiger partial charge in [-0.2, -0.15) is 0 Å². The average molecular weight is 542 g/mol. The number of aryl methyl sites for hydroxylation is 1. The van der Waals surface area contributed by atoms with Crippen LogP contribution in [0.25, 0.3) is 20.8 Å². The van der Waals surface area contributed by atoms with Gasteiger partial charge in [0.1, 0.15) is 5.75 Å². The summed E-state index contributed by atoms with van der Waals surface area (Å²) >= 11 is 1.48. The number of ether oxygens (including phenoxy) is 1. The van der Waals surface area contributed by atoms with Crippen molar-refractivity contribution < 1.29 is 18.7 Å². The number of carbonyl (C=O) groups is 2. The number of hydrogen-bond donors (Lipinski definition) is 0. The van der Waals surface area contributed by atoms with Gasteiger partial charge in [-0.15, -0.1) is 11.3 Å². The molecule has 196 valence electrons. The Bertz CT molecular complexity index is 1680. The number of thiophene rings is 1. The number of nitrogens with zero attached hydrogens (tertiary/aromatic N) is 5. The number of benzene rings is 2. The minimum absolute atomic E-state index is 0.0383. The van der Waals surface area contributed by atoms with Crippen molar-refractivity contribution in [2.24, 2.45) is 0 Å². The number of para-hydroxylation sites is 1. The molecule has 1 fully saturated rings. The van der Waals surface area contributed by atoms with E-state index in [1.165, 1.54) is 28.4 Å². The highest BCUT2D eigenvalue weighted by molar-refractivity contribution is 7.22. The largest absolute Gasteiger partial charge is 0.453 e. The number of imide groups is 1. The molecule has 8 nitrogen and oxygen atoms in total. The molecule has 6 rings (SSSR count). The van der Waals surface area contributed by atoms with Crippen LogP contribution in [0.15, 0.2) is 79.4 Å². The molecular weight excluding hydrogens is 517 g/mol. The highest BCUT2D eigenvalue weighted by Gasteiger charge is 2.33. The van der Waals surface area contributed by atoms with Gasteiger partial charge >= 0.3 is 6.03 Å². The number of halogens is 1. The maximum atomic E-state index is 15.1. The van der Waals surface area contributed by atoms with Crippen molar-refractivity contribution in [3.05, 3.63) is 90.8 Å². The van der Waals surface area contributed by atoms with E-state index in [2.05, 4.69) is 9.97 Å². The van der Waals surface area contributed by atoms with E-state index < -0.39 is 5.82 Å². The van der Waals surface area contributed by atoms with Crippen LogP contribution in [0.1, 0.15) is 12.5 Å². The second-order valence-corrected chi connectivity index (χ2v) is 10.1. The first-order valence-electron chi connectivity index (χ1n) is 12.5. The Morgan fingerprint density at radius 2 is 1.90 bits per heavy atom. The fraction of sp³-hybridized carbons (Fsp3) is 0.172. The van der Waals surface area contributed by atoms with Crippen molar-refractivity contribution >= 4 is 39.2 Å². The predicted octanol–water partition coefficient (Wildman–Crippen LogP) is 6.12. The SMILES string of the molecule is CCn1cnc(-c2cc3nccc(Oc4ccc(CC(=O)N5CCN(c6ccccc6)C5=O)cc4F)c3s2)c1. The maximum absolute atomic E-state index is 15.1. The van der Waals surface area contributed by atoms with Gasteiger partial charge in [-0.3, -0.25) is 19.6 Å². The third-order valence-corrected chi connectivity index (χ3v) is 7.74. The zero-order chi connectivity index (χ0) is 26.9. The zero-order valence-electron chi connectivity index (χ0n) is 21.1. The van der Waals surface area contributed by atoms with Gasteiger partial charge in [0, 0.05) is 43.8 Å². The third kappa shape index (κ3) is 4.86. The van der Waals surface area contributed by atoms with Crippen LogP contribution in [0.3, 0.4) is 0 Å². The van der Waals surface area contributed by atoms with Crippen LogP contribution in [0.4, 0.5) is 14.9 Å². The number of imidazole rings is 1. The number of amides is 3. The number of carbonyl (C=O) groups excluding carboxylic acids is 2. The minimum atomic E-state index is -0.595. The first kappa shape index (κ1) is 24.7. The summed E-state index contributed by atoms with van der Waals surface area (Å²) in [4.78, 5) is 38.3. The molecule has 0 spiro atoms. The van der Waals surface area contributed by atoms with E-state index in [0.29, 0.717) is 17.9 Å². The van der Waals surface area contributed by atoms with Crippen molar-refractivity contribution in [2.45, 2.75) is 19.9 Å². The molecule has 0 bridgehead atoms. The normalized spacial score (nSPS) is 13.4. The Balaban J connectivity index is 1.16. The standard InChI is InChI=1S/C29H24FN5O3S/c1-2-33-17-23(32-18-33)26-16-22-28(39-26)25(10-11-31-22)38-24-9-8-19(14-21(24)30)15-27(36)35-13-12-34(29(35)37)20-6-4-3-5-7-20/h3-11,14,16-18H,2,12-13,15H2,1H3. The van der Waals surface area contributed by atoms with Gasteiger partial charge in [0.05, 0.1) is 33.5 Å². The molecule has 3 aromatic heterocycles. The zero-order valence-corrected chi connectivity index (χ0v) is 21.9. The van der Waals surface area contributed by atoms with Crippen LogP contribution < -0.4 is 9.64 Å². The maximum Gasteiger partial charge on any atom is 0.331 e. The molecule has 39 heavy (non-hydrogen) atoms. The Hall–Kier alpha value is -4.57. The van der Waals surface area contributed by atoms with Crippen LogP contribution in [0.5, 0.6) is 11.5 Å². The van der Waals surface area contributed by atoms with Crippen molar-refractivity contribution in [3.63, 3.8) is 0 Å². The summed E-state index contributed by atoms with van der Waals surface area (Å²) in [7, 11) is 0. The Morgan fingerprint density at radius 3 is 2.67 bits per heavy atom. The summed E-state index contributed by atoms with van der Waals surface area (Å²) in [5, 5.41) is 0. The lowest BCUT2D eigenvalue weighted by Gasteiger charge is -2.17. The summed E-state index contributed by atoms with van der Waals surface area (Å²) in [6, 6.07) is 16.9. The molecule has 2 aromatic carbocycles. The minimum Gasteiger partial charge on any atom is -0.453 e. The molecule has 1 aliphatic rings. The molecule has 0 aliphatic carbocycles. The van der Waals surface area contributed by atoms with Crippen LogP contribution in [0, 0.1) is 5.82 Å². The van der Waals surface area contributed by atoms with Crippen molar-refractivity contribution in [1.82, 2.24) is 19.4 Å². The monoisotopic (exact) mass is 541 g/mol. The second kappa shape index (κ2) is 10.3. The lowest BCUT2D eigenvalue weighted by atomic mass is 10.1. The predicted molar refractivity (Wildman–Crippen MR) is 148 cm³/mol. The molecule has 0 N–H and O–H groups in total. The number of hydrogen-bond acceptors (Lipinski definition) is 6. The molecule has 0 atom stereocenters. The lowest BCUT2D eigenvalue weighted by molar-refractivity contribution is -0.126. The number of pyridine rings is 1. The lowest BCUT2D eigenvalue weighted by Crippen LogP contribution is -2.37. The number of fused-ring (bicyclic) bond motifs is 1. The van der Waals surface area contributed by atoms with E-state index in [9.17, 15) is 9.59 Å². The van der Waals surface area contributed by atoms with Crippen LogP contribution in [-0.4, -0.2) is 44.5 Å². The molecule has 0 radical (unpaired) electrons. The van der Waals surface area contributed by atoms with Crippen LogP contribution in [-0.2, 0) is 17.8 Å². The van der Waals surface area contributed by atoms with Crippen molar-refractivity contribution in [3.8, 4) is 22.1 Å². The second-order valence-electron chi connectivity index (χ2n) is 9.08. The fourth-order valence-corrected chi connectivity index (χ4v) is 5.55. The van der Waals surface area contributed by atoms with E-state index in [-0.39, 0.29) is 30.7 Å². The number of anilines is 1. The van der Waals surface area contributed by atoms with E-state index >= 15 is 4.39 Å². The van der Waals surface area contributed by atoms with Gasteiger partial charge in [0.2, 0.25) is 5.91 Å². The van der Waals surface area contributed by atoms with Crippen molar-refractivity contribution in [1.29, 1.82) is 0 Å². The summed E-state index contributed by atoms with van der Waals surface area (Å²) < 4.78 is 23.8. The average Bonchev–Trinajstić information content (AvgIpc) is 3.69. The molecule has 4 heterocycles. The fourth-order valence-electron chi connectivity index (χ4n) is 4.52. The van der Waals surface area contributed by atoms with Gasteiger partial charge in [-0.25, -0.2) is 14.2 Å². The molecule has 1 saturated heterocycles. The van der Waals surface area contributed by atoms with Gasteiger partial charge < -0.3 is 9.30 Å². The Morgan fingerprint density at radius 1 is 1.05 bits per heavy atom. The summed E-state index contributed by atoms with van der Waals surface area (Å²) in [5.74, 6) is -0.449. The summed E-state index contributed by atoms with van der Waals surface area (Å²) in [5.41, 5.74) is 2.78. The molecule has 0 saturated carbocycles. The van der Waals surface area contributed by atoms with Crippen LogP contribution in [0.2, 0.25) is 0 Å². The third-order valence-electron chi connectivity index (χ3n) is 6.58. The van der Waals surface area contributed by atoms with Crippen LogP contribution >= 0.6 is 11.3 Å². The highest BCUT2D eigenvalue weighted by Crippen LogP contribution is 2.39. The van der Waals surface area contributed by atoms with E-state index in [1.54, 1.807) is 29.6 Å². The Labute approximate surface area is 227 Å². The summed E-state index contributed by atoms with van der Waals surface area (Å²) in [6.45, 7) is 3.58. The topological polar surface area (TPSA) is 80.6 Å². The molecular formula is C29H24FN5O3S. The quantitative estimate of drug-likeness (QED) is 0.248. The van der Waals surface area contributed by atoms with E-state index in [1.807, 2.05) is 54.1 Å². The van der Waals surface area contributed by atoms with Gasteiger partial charge in [-0.1, -0.05) is 24.3 Å². The van der Waals surface area contributed by atoms with Gasteiger partial charge in [-0.05, 0) is 42.8 Å². The molecule has 3 amide bonds. The number of aromatic nitrogens is 3. The van der Waals surface area contributed by atoms with Gasteiger partial charge in [0.25, 0.3) is 0 Å². The Kier molecular flexibility index (Phi) is 6.54. The van der Waals surface area contributed by atoms with Crippen molar-refractivity contribution in [2.75, 3.05) is 18.0 Å². The first-order chi connectivity index (χ1) is 19.0. The molecule has 5 aromatic rings. The molecule has 1 aliphatic heterocycles. The van der Waals surface area contributed by atoms with E-state index in [4.69, 9.17) is 4.74 Å².